The minimum Gasteiger partial charge on any atom is -0.368 e. The molecule has 0 saturated carbocycles. The summed E-state index contributed by atoms with van der Waals surface area (Å²) in [6.45, 7) is 4.03. The lowest BCUT2D eigenvalue weighted by Gasteiger charge is -2.37. The van der Waals surface area contributed by atoms with Crippen LogP contribution in [0.15, 0.2) is 72.8 Å². The van der Waals surface area contributed by atoms with Gasteiger partial charge in [0.1, 0.15) is 5.82 Å². The number of nitrogens with zero attached hydrogens (tertiary/aromatic N) is 6. The van der Waals surface area contributed by atoms with E-state index in [4.69, 9.17) is 4.98 Å². The van der Waals surface area contributed by atoms with Gasteiger partial charge in [-0.1, -0.05) is 36.4 Å². The molecule has 7 nitrogen and oxygen atoms in total. The van der Waals surface area contributed by atoms with Crippen LogP contribution in [0.5, 0.6) is 0 Å². The zero-order valence-electron chi connectivity index (χ0n) is 20.5. The van der Waals surface area contributed by atoms with Crippen LogP contribution in [0.4, 0.5) is 24.7 Å². The third kappa shape index (κ3) is 4.21. The van der Waals surface area contributed by atoms with E-state index in [0.717, 1.165) is 11.6 Å². The van der Waals surface area contributed by atoms with Crippen LogP contribution < -0.4 is 9.80 Å². The van der Waals surface area contributed by atoms with Crippen molar-refractivity contribution in [3.05, 3.63) is 95.3 Å². The third-order valence-electron chi connectivity index (χ3n) is 6.88. The van der Waals surface area contributed by atoms with Gasteiger partial charge < -0.3 is 9.80 Å². The van der Waals surface area contributed by atoms with Crippen molar-refractivity contribution in [2.75, 3.05) is 36.0 Å². The van der Waals surface area contributed by atoms with E-state index in [1.54, 1.807) is 24.3 Å². The molecule has 3 aromatic carbocycles. The molecule has 0 atom stereocenters. The Balaban J connectivity index is 1.31. The first-order valence-electron chi connectivity index (χ1n) is 12.2. The van der Waals surface area contributed by atoms with Gasteiger partial charge >= 0.3 is 6.18 Å². The fourth-order valence-electron chi connectivity index (χ4n) is 4.92. The van der Waals surface area contributed by atoms with Crippen molar-refractivity contribution >= 4 is 34.0 Å². The Kier molecular flexibility index (Phi) is 5.74. The van der Waals surface area contributed by atoms with Crippen LogP contribution in [-0.4, -0.2) is 51.5 Å². The molecule has 0 aliphatic carbocycles. The Labute approximate surface area is 216 Å². The molecule has 0 radical (unpaired) electrons. The van der Waals surface area contributed by atoms with Gasteiger partial charge in [0.2, 0.25) is 5.65 Å². The average molecular weight is 517 g/mol. The highest BCUT2D eigenvalue weighted by molar-refractivity contribution is 6.10. The van der Waals surface area contributed by atoms with Crippen molar-refractivity contribution in [2.24, 2.45) is 0 Å². The van der Waals surface area contributed by atoms with Gasteiger partial charge in [-0.15, -0.1) is 10.2 Å². The summed E-state index contributed by atoms with van der Waals surface area (Å²) < 4.78 is 41.5. The highest BCUT2D eigenvalue weighted by Crippen LogP contribution is 2.32. The lowest BCUT2D eigenvalue weighted by Crippen LogP contribution is -2.47. The molecule has 0 unspecified atom stereocenters. The van der Waals surface area contributed by atoms with E-state index >= 15 is 0 Å². The van der Waals surface area contributed by atoms with Crippen LogP contribution in [-0.2, 0) is 6.18 Å². The number of piperazine rings is 1. The Morgan fingerprint density at radius 1 is 0.816 bits per heavy atom. The van der Waals surface area contributed by atoms with E-state index in [2.05, 4.69) is 15.1 Å². The molecule has 6 rings (SSSR count). The third-order valence-corrected chi connectivity index (χ3v) is 6.88. The zero-order chi connectivity index (χ0) is 26.4. The molecule has 192 valence electrons. The number of ketones is 1. The first-order chi connectivity index (χ1) is 18.3. The molecular weight excluding hydrogens is 493 g/mol. The Bertz CT molecular complexity index is 1660. The second-order valence-corrected chi connectivity index (χ2v) is 9.26. The molecule has 1 fully saturated rings. The summed E-state index contributed by atoms with van der Waals surface area (Å²) in [6, 6.07) is 19.9. The molecule has 2 aromatic heterocycles. The number of aromatic nitrogens is 4. The van der Waals surface area contributed by atoms with Gasteiger partial charge in [0.15, 0.2) is 11.6 Å². The summed E-state index contributed by atoms with van der Waals surface area (Å²) in [5, 5.41) is 8.65. The fourth-order valence-corrected chi connectivity index (χ4v) is 4.92. The molecular formula is C28H23F3N6O. The number of hydrogen-bond donors (Lipinski definition) is 0. The van der Waals surface area contributed by atoms with E-state index in [1.807, 2.05) is 46.6 Å². The van der Waals surface area contributed by atoms with Crippen molar-refractivity contribution < 1.29 is 18.0 Å². The minimum absolute atomic E-state index is 0.0823. The number of alkyl halides is 3. The van der Waals surface area contributed by atoms with E-state index in [9.17, 15) is 18.0 Å². The van der Waals surface area contributed by atoms with Crippen molar-refractivity contribution in [1.82, 2.24) is 19.6 Å². The number of hydrogen-bond acceptors (Lipinski definition) is 6. The van der Waals surface area contributed by atoms with Crippen molar-refractivity contribution in [1.29, 1.82) is 0 Å². The van der Waals surface area contributed by atoms with E-state index in [-0.39, 0.29) is 5.78 Å². The van der Waals surface area contributed by atoms with Crippen molar-refractivity contribution in [3.63, 3.8) is 0 Å². The summed E-state index contributed by atoms with van der Waals surface area (Å²) in [5.41, 5.74) is 3.04. The predicted molar refractivity (Wildman–Crippen MR) is 139 cm³/mol. The molecule has 3 heterocycles. The number of benzene rings is 3. The van der Waals surface area contributed by atoms with Gasteiger partial charge in [-0.2, -0.15) is 13.2 Å². The Hall–Kier alpha value is -4.47. The molecule has 0 amide bonds. The van der Waals surface area contributed by atoms with Crippen LogP contribution in [0.3, 0.4) is 0 Å². The average Bonchev–Trinajstić information content (AvgIpc) is 3.34. The van der Waals surface area contributed by atoms with E-state index in [0.29, 0.717) is 65.8 Å². The number of carbonyl (C=O) groups is 1. The Morgan fingerprint density at radius 3 is 2.29 bits per heavy atom. The molecule has 1 saturated heterocycles. The summed E-state index contributed by atoms with van der Waals surface area (Å²) in [7, 11) is 0. The SMILES string of the molecule is Cc1nnc2c(N3CCN(c4cccc(C(F)(F)F)c4)CC3)nc3ccc(C(=O)c4ccccc4)cc3n12. The maximum absolute atomic E-state index is 13.2. The van der Waals surface area contributed by atoms with Gasteiger partial charge in [-0.25, -0.2) is 4.98 Å². The van der Waals surface area contributed by atoms with Crippen LogP contribution in [0, 0.1) is 6.92 Å². The lowest BCUT2D eigenvalue weighted by molar-refractivity contribution is -0.137. The molecule has 0 N–H and O–H groups in total. The van der Waals surface area contributed by atoms with Crippen LogP contribution in [0.25, 0.3) is 16.7 Å². The predicted octanol–water partition coefficient (Wildman–Crippen LogP) is 5.16. The molecule has 5 aromatic rings. The molecule has 1 aliphatic heterocycles. The lowest BCUT2D eigenvalue weighted by atomic mass is 10.0. The molecule has 1 aliphatic rings. The van der Waals surface area contributed by atoms with Crippen LogP contribution >= 0.6 is 0 Å². The van der Waals surface area contributed by atoms with Gasteiger partial charge in [0.05, 0.1) is 16.6 Å². The maximum atomic E-state index is 13.2. The van der Waals surface area contributed by atoms with E-state index in [1.165, 1.54) is 12.1 Å². The summed E-state index contributed by atoms with van der Waals surface area (Å²) >= 11 is 0. The number of carbonyl (C=O) groups excluding carboxylic acids is 1. The monoisotopic (exact) mass is 516 g/mol. The summed E-state index contributed by atoms with van der Waals surface area (Å²) in [6.07, 6.45) is -4.38. The minimum atomic E-state index is -4.38. The fraction of sp³-hybridized carbons (Fsp3) is 0.214. The highest BCUT2D eigenvalue weighted by atomic mass is 19.4. The zero-order valence-corrected chi connectivity index (χ0v) is 20.5. The second-order valence-electron chi connectivity index (χ2n) is 9.26. The number of aryl methyl sites for hydroxylation is 1. The standard InChI is InChI=1S/C28H23F3N6O/c1-18-33-34-27-26(36-14-12-35(13-15-36)22-9-5-8-21(17-22)28(29,30)31)32-23-11-10-20(16-24(23)37(18)27)25(38)19-6-3-2-4-7-19/h2-11,16-17H,12-15H2,1H3. The Morgan fingerprint density at radius 2 is 1.55 bits per heavy atom. The normalized spacial score (nSPS) is 14.4. The number of anilines is 2. The van der Waals surface area contributed by atoms with E-state index < -0.39 is 11.7 Å². The highest BCUT2D eigenvalue weighted by Gasteiger charge is 2.31. The quantitative estimate of drug-likeness (QED) is 0.308. The number of fused-ring (bicyclic) bond motifs is 3. The van der Waals surface area contributed by atoms with Crippen LogP contribution in [0.2, 0.25) is 0 Å². The molecule has 0 spiro atoms. The first-order valence-corrected chi connectivity index (χ1v) is 12.2. The summed E-state index contributed by atoms with van der Waals surface area (Å²) in [4.78, 5) is 22.0. The van der Waals surface area contributed by atoms with Gasteiger partial charge in [-0.3, -0.25) is 9.20 Å². The topological polar surface area (TPSA) is 66.6 Å². The number of halogens is 3. The second kappa shape index (κ2) is 9.13. The van der Waals surface area contributed by atoms with Gasteiger partial charge in [0, 0.05) is 43.0 Å². The smallest absolute Gasteiger partial charge is 0.368 e. The van der Waals surface area contributed by atoms with Crippen molar-refractivity contribution in [3.8, 4) is 0 Å². The van der Waals surface area contributed by atoms with Gasteiger partial charge in [-0.05, 0) is 43.3 Å². The molecule has 0 bridgehead atoms. The summed E-state index contributed by atoms with van der Waals surface area (Å²) in [5.74, 6) is 1.24. The number of rotatable bonds is 4. The largest absolute Gasteiger partial charge is 0.416 e. The first kappa shape index (κ1) is 23.9. The van der Waals surface area contributed by atoms with Crippen LogP contribution in [0.1, 0.15) is 27.3 Å². The maximum Gasteiger partial charge on any atom is 0.416 e. The van der Waals surface area contributed by atoms with Crippen molar-refractivity contribution in [2.45, 2.75) is 13.1 Å². The molecule has 10 heteroatoms. The van der Waals surface area contributed by atoms with Gasteiger partial charge in [0.25, 0.3) is 0 Å². The molecule has 38 heavy (non-hydrogen) atoms.